The van der Waals surface area contributed by atoms with E-state index >= 15 is 0 Å². The molecule has 3 nitrogen and oxygen atoms in total. The molecule has 1 heterocycles. The van der Waals surface area contributed by atoms with Crippen LogP contribution in [-0.2, 0) is 13.1 Å². The first-order valence-corrected chi connectivity index (χ1v) is 8.33. The zero-order valence-electron chi connectivity index (χ0n) is 13.8. The van der Waals surface area contributed by atoms with E-state index in [1.807, 2.05) is 7.05 Å². The van der Waals surface area contributed by atoms with Gasteiger partial charge in [-0.15, -0.1) is 0 Å². The maximum Gasteiger partial charge on any atom is 0.123 e. The molecule has 0 radical (unpaired) electrons. The van der Waals surface area contributed by atoms with Crippen LogP contribution in [0.3, 0.4) is 0 Å². The average Bonchev–Trinajstić information content (AvgIpc) is 2.50. The van der Waals surface area contributed by atoms with Crippen molar-refractivity contribution >= 4 is 0 Å². The number of hydrogen-bond donors (Lipinski definition) is 1. The van der Waals surface area contributed by atoms with Gasteiger partial charge in [0.25, 0.3) is 0 Å². The molecule has 0 bridgehead atoms. The predicted octanol–water partition coefficient (Wildman–Crippen LogP) is 3.57. The fraction of sp³-hybridized carbons (Fsp3) is 0.667. The summed E-state index contributed by atoms with van der Waals surface area (Å²) in [4.78, 5) is 2.66. The normalized spacial score (nSPS) is 19.7. The molecule has 21 heavy (non-hydrogen) atoms. The van der Waals surface area contributed by atoms with E-state index in [0.717, 1.165) is 24.9 Å². The van der Waals surface area contributed by atoms with Gasteiger partial charge in [0.05, 0.1) is 7.11 Å². The SMILES string of the molecule is CCCC1CCCCN1Cc1cc(CNC)ccc1OC. The van der Waals surface area contributed by atoms with Gasteiger partial charge in [0, 0.05) is 24.7 Å². The third-order valence-electron chi connectivity index (χ3n) is 4.47. The van der Waals surface area contributed by atoms with Crippen LogP contribution in [0.25, 0.3) is 0 Å². The molecular weight excluding hydrogens is 260 g/mol. The van der Waals surface area contributed by atoms with Gasteiger partial charge < -0.3 is 10.1 Å². The number of methoxy groups -OCH3 is 1. The predicted molar refractivity (Wildman–Crippen MR) is 88.7 cm³/mol. The zero-order chi connectivity index (χ0) is 15.1. The molecule has 1 aromatic rings. The summed E-state index contributed by atoms with van der Waals surface area (Å²) >= 11 is 0. The molecule has 1 aliphatic rings. The van der Waals surface area contributed by atoms with Crippen LogP contribution in [0.2, 0.25) is 0 Å². The minimum atomic E-state index is 0.751. The molecule has 1 aliphatic heterocycles. The highest BCUT2D eigenvalue weighted by molar-refractivity contribution is 5.37. The van der Waals surface area contributed by atoms with Crippen LogP contribution in [-0.4, -0.2) is 31.6 Å². The van der Waals surface area contributed by atoms with Gasteiger partial charge in [-0.3, -0.25) is 4.90 Å². The van der Waals surface area contributed by atoms with E-state index in [2.05, 4.69) is 35.3 Å². The van der Waals surface area contributed by atoms with Crippen molar-refractivity contribution in [3.05, 3.63) is 29.3 Å². The molecule has 1 atom stereocenters. The van der Waals surface area contributed by atoms with Crippen LogP contribution in [0.1, 0.15) is 50.2 Å². The Morgan fingerprint density at radius 1 is 1.33 bits per heavy atom. The highest BCUT2D eigenvalue weighted by Crippen LogP contribution is 2.27. The van der Waals surface area contributed by atoms with Gasteiger partial charge in [0.2, 0.25) is 0 Å². The summed E-state index contributed by atoms with van der Waals surface area (Å²) in [5.74, 6) is 1.02. The van der Waals surface area contributed by atoms with E-state index in [1.165, 1.54) is 49.8 Å². The minimum Gasteiger partial charge on any atom is -0.496 e. The lowest BCUT2D eigenvalue weighted by Gasteiger charge is -2.36. The highest BCUT2D eigenvalue weighted by Gasteiger charge is 2.22. The monoisotopic (exact) mass is 290 g/mol. The topological polar surface area (TPSA) is 24.5 Å². The van der Waals surface area contributed by atoms with Crippen LogP contribution in [0.15, 0.2) is 18.2 Å². The molecule has 0 aliphatic carbocycles. The lowest BCUT2D eigenvalue weighted by Crippen LogP contribution is -2.38. The molecule has 1 N–H and O–H groups in total. The van der Waals surface area contributed by atoms with Gasteiger partial charge >= 0.3 is 0 Å². The molecule has 3 heteroatoms. The zero-order valence-corrected chi connectivity index (χ0v) is 13.8. The number of piperidine rings is 1. The Morgan fingerprint density at radius 3 is 2.90 bits per heavy atom. The summed E-state index contributed by atoms with van der Waals surface area (Å²) in [5, 5.41) is 3.23. The Bertz CT molecular complexity index is 431. The molecule has 1 aromatic carbocycles. The smallest absolute Gasteiger partial charge is 0.123 e. The number of nitrogens with one attached hydrogen (secondary N) is 1. The summed E-state index contributed by atoms with van der Waals surface area (Å²) in [7, 11) is 3.77. The first-order valence-electron chi connectivity index (χ1n) is 8.33. The highest BCUT2D eigenvalue weighted by atomic mass is 16.5. The Balaban J connectivity index is 2.13. The summed E-state index contributed by atoms with van der Waals surface area (Å²) in [6.07, 6.45) is 6.67. The molecule has 0 spiro atoms. The molecule has 2 rings (SSSR count). The van der Waals surface area contributed by atoms with Crippen molar-refractivity contribution < 1.29 is 4.74 Å². The first kappa shape index (κ1) is 16.3. The molecule has 0 aromatic heterocycles. The second-order valence-electron chi connectivity index (χ2n) is 6.09. The largest absolute Gasteiger partial charge is 0.496 e. The van der Waals surface area contributed by atoms with Crippen LogP contribution in [0, 0.1) is 0 Å². The number of nitrogens with zero attached hydrogens (tertiary/aromatic N) is 1. The third-order valence-corrected chi connectivity index (χ3v) is 4.47. The number of ether oxygens (including phenoxy) is 1. The maximum atomic E-state index is 5.57. The molecule has 0 saturated carbocycles. The van der Waals surface area contributed by atoms with Gasteiger partial charge in [-0.2, -0.15) is 0 Å². The summed E-state index contributed by atoms with van der Waals surface area (Å²) in [5.41, 5.74) is 2.66. The van der Waals surface area contributed by atoms with Gasteiger partial charge in [-0.1, -0.05) is 25.8 Å². The molecule has 1 fully saturated rings. The van der Waals surface area contributed by atoms with E-state index in [9.17, 15) is 0 Å². The van der Waals surface area contributed by atoms with Crippen molar-refractivity contribution in [2.45, 2.75) is 58.2 Å². The van der Waals surface area contributed by atoms with E-state index < -0.39 is 0 Å². The third kappa shape index (κ3) is 4.45. The average molecular weight is 290 g/mol. The van der Waals surface area contributed by atoms with Crippen LogP contribution < -0.4 is 10.1 Å². The van der Waals surface area contributed by atoms with E-state index in [0.29, 0.717) is 0 Å². The van der Waals surface area contributed by atoms with Gasteiger partial charge in [0.1, 0.15) is 5.75 Å². The van der Waals surface area contributed by atoms with Crippen LogP contribution in [0.4, 0.5) is 0 Å². The van der Waals surface area contributed by atoms with E-state index in [4.69, 9.17) is 4.74 Å². The molecule has 0 amide bonds. The van der Waals surface area contributed by atoms with Crippen molar-refractivity contribution in [2.24, 2.45) is 0 Å². The van der Waals surface area contributed by atoms with Crippen molar-refractivity contribution in [3.63, 3.8) is 0 Å². The van der Waals surface area contributed by atoms with Gasteiger partial charge in [-0.25, -0.2) is 0 Å². The summed E-state index contributed by atoms with van der Waals surface area (Å²) in [6, 6.07) is 7.31. The standard InChI is InChI=1S/C18H30N2O/c1-4-7-17-8-5-6-11-20(17)14-16-12-15(13-19-2)9-10-18(16)21-3/h9-10,12,17,19H,4-8,11,13-14H2,1-3H3. The van der Waals surface area contributed by atoms with Gasteiger partial charge in [0.15, 0.2) is 0 Å². The number of benzene rings is 1. The fourth-order valence-electron chi connectivity index (χ4n) is 3.42. The second kappa shape index (κ2) is 8.40. The molecular formula is C18H30N2O. The lowest BCUT2D eigenvalue weighted by atomic mass is 9.97. The maximum absolute atomic E-state index is 5.57. The fourth-order valence-corrected chi connectivity index (χ4v) is 3.42. The van der Waals surface area contributed by atoms with Crippen LogP contribution >= 0.6 is 0 Å². The Hall–Kier alpha value is -1.06. The van der Waals surface area contributed by atoms with Crippen molar-refractivity contribution in [3.8, 4) is 5.75 Å². The number of likely N-dealkylation sites (tertiary alicyclic amines) is 1. The Labute approximate surface area is 129 Å². The number of rotatable bonds is 7. The molecule has 1 unspecified atom stereocenters. The van der Waals surface area contributed by atoms with Crippen molar-refractivity contribution in [1.29, 1.82) is 0 Å². The van der Waals surface area contributed by atoms with Crippen molar-refractivity contribution in [2.75, 3.05) is 20.7 Å². The first-order chi connectivity index (χ1) is 10.3. The minimum absolute atomic E-state index is 0.751. The van der Waals surface area contributed by atoms with Crippen LogP contribution in [0.5, 0.6) is 5.75 Å². The Morgan fingerprint density at radius 2 is 2.19 bits per heavy atom. The van der Waals surface area contributed by atoms with E-state index in [1.54, 1.807) is 7.11 Å². The quantitative estimate of drug-likeness (QED) is 0.831. The second-order valence-corrected chi connectivity index (χ2v) is 6.09. The lowest BCUT2D eigenvalue weighted by molar-refractivity contribution is 0.130. The molecule has 1 saturated heterocycles. The summed E-state index contributed by atoms with van der Waals surface area (Å²) in [6.45, 7) is 5.45. The Kier molecular flexibility index (Phi) is 6.52. The number of hydrogen-bond acceptors (Lipinski definition) is 3. The van der Waals surface area contributed by atoms with Gasteiger partial charge in [-0.05, 0) is 50.6 Å². The van der Waals surface area contributed by atoms with Crippen molar-refractivity contribution in [1.82, 2.24) is 10.2 Å². The van der Waals surface area contributed by atoms with E-state index in [-0.39, 0.29) is 0 Å². The molecule has 118 valence electrons. The summed E-state index contributed by atoms with van der Waals surface area (Å²) < 4.78 is 5.57.